The Balaban J connectivity index is 1.14. The van der Waals surface area contributed by atoms with E-state index in [1.165, 1.54) is 11.1 Å². The van der Waals surface area contributed by atoms with Gasteiger partial charge < -0.3 is 20.5 Å². The Morgan fingerprint density at radius 3 is 2.24 bits per heavy atom. The van der Waals surface area contributed by atoms with Gasteiger partial charge in [0.2, 0.25) is 5.91 Å². The van der Waals surface area contributed by atoms with Crippen LogP contribution in [-0.2, 0) is 14.3 Å². The second kappa shape index (κ2) is 9.12. The fourth-order valence-corrected chi connectivity index (χ4v) is 5.48. The lowest BCUT2D eigenvalue weighted by Gasteiger charge is -2.28. The monoisotopic (exact) mass is 462 g/mol. The molecule has 7 nitrogen and oxygen atoms in total. The number of carbonyl (C=O) groups excluding carboxylic acids is 2. The van der Waals surface area contributed by atoms with E-state index in [4.69, 9.17) is 4.74 Å². The van der Waals surface area contributed by atoms with Crippen LogP contribution < -0.4 is 10.6 Å². The van der Waals surface area contributed by atoms with Gasteiger partial charge in [0.1, 0.15) is 6.61 Å². The summed E-state index contributed by atoms with van der Waals surface area (Å²) in [5.74, 6) is -1.35. The second-order valence-corrected chi connectivity index (χ2v) is 9.87. The van der Waals surface area contributed by atoms with Crippen LogP contribution in [0.3, 0.4) is 0 Å². The zero-order valence-corrected chi connectivity index (χ0v) is 19.1. The number of carboxylic acids is 1. The Kier molecular flexibility index (Phi) is 6.02. The summed E-state index contributed by atoms with van der Waals surface area (Å²) in [4.78, 5) is 36.5. The molecule has 5 rings (SSSR count). The smallest absolute Gasteiger partial charge is 0.407 e. The molecule has 3 aliphatic carbocycles. The first-order valence-corrected chi connectivity index (χ1v) is 12.1. The lowest BCUT2D eigenvalue weighted by atomic mass is 9.85. The summed E-state index contributed by atoms with van der Waals surface area (Å²) in [7, 11) is 0. The van der Waals surface area contributed by atoms with Gasteiger partial charge in [-0.25, -0.2) is 4.79 Å². The van der Waals surface area contributed by atoms with Crippen molar-refractivity contribution in [1.29, 1.82) is 0 Å². The van der Waals surface area contributed by atoms with Crippen LogP contribution in [0, 0.1) is 5.92 Å². The molecule has 2 aromatic rings. The average molecular weight is 463 g/mol. The molecule has 0 aliphatic heterocycles. The molecule has 2 saturated carbocycles. The van der Waals surface area contributed by atoms with Crippen molar-refractivity contribution >= 4 is 18.0 Å². The molecule has 34 heavy (non-hydrogen) atoms. The van der Waals surface area contributed by atoms with Gasteiger partial charge in [0.25, 0.3) is 0 Å². The summed E-state index contributed by atoms with van der Waals surface area (Å²) in [6.07, 6.45) is 3.86. The van der Waals surface area contributed by atoms with E-state index in [2.05, 4.69) is 34.9 Å². The number of ether oxygens (including phenoxy) is 1. The van der Waals surface area contributed by atoms with Gasteiger partial charge in [0, 0.05) is 18.4 Å². The van der Waals surface area contributed by atoms with E-state index >= 15 is 0 Å². The highest BCUT2D eigenvalue weighted by atomic mass is 16.5. The maximum absolute atomic E-state index is 12.6. The van der Waals surface area contributed by atoms with Crippen LogP contribution in [0.4, 0.5) is 4.79 Å². The van der Waals surface area contributed by atoms with E-state index in [0.29, 0.717) is 12.8 Å². The Bertz CT molecular complexity index is 1060. The lowest BCUT2D eigenvalue weighted by Crippen LogP contribution is -2.45. The normalized spacial score (nSPS) is 22.2. The number of hydrogen-bond donors (Lipinski definition) is 3. The molecule has 178 valence electrons. The van der Waals surface area contributed by atoms with Gasteiger partial charge in [-0.1, -0.05) is 55.0 Å². The minimum absolute atomic E-state index is 0.00918. The van der Waals surface area contributed by atoms with Crippen molar-refractivity contribution in [2.45, 2.75) is 62.4 Å². The van der Waals surface area contributed by atoms with Crippen molar-refractivity contribution < 1.29 is 24.2 Å². The Morgan fingerprint density at radius 1 is 0.971 bits per heavy atom. The van der Waals surface area contributed by atoms with Crippen molar-refractivity contribution in [3.05, 3.63) is 59.7 Å². The molecular formula is C27H30N2O5. The predicted octanol–water partition coefficient (Wildman–Crippen LogP) is 4.21. The van der Waals surface area contributed by atoms with Crippen LogP contribution in [0.2, 0.25) is 0 Å². The van der Waals surface area contributed by atoms with Gasteiger partial charge in [-0.3, -0.25) is 9.59 Å². The van der Waals surface area contributed by atoms with E-state index in [1.54, 1.807) is 0 Å². The molecule has 7 heteroatoms. The summed E-state index contributed by atoms with van der Waals surface area (Å²) in [5, 5.41) is 15.1. The molecule has 0 bridgehead atoms. The van der Waals surface area contributed by atoms with Crippen molar-refractivity contribution in [2.75, 3.05) is 6.61 Å². The molecule has 0 aromatic heterocycles. The first-order chi connectivity index (χ1) is 16.4. The number of rotatable bonds is 7. The summed E-state index contributed by atoms with van der Waals surface area (Å²) in [6, 6.07) is 16.3. The Morgan fingerprint density at radius 2 is 1.62 bits per heavy atom. The minimum atomic E-state index is -0.797. The van der Waals surface area contributed by atoms with Crippen molar-refractivity contribution in [3.63, 3.8) is 0 Å². The highest BCUT2D eigenvalue weighted by Crippen LogP contribution is 2.44. The highest BCUT2D eigenvalue weighted by molar-refractivity contribution is 5.81. The average Bonchev–Trinajstić information content (AvgIpc) is 3.49. The standard InChI is InChI=1S/C27H30N2O5/c30-24(28-18-7-5-6-17(14-18)25(31)32)15-27(12-13-27)29-26(33)34-16-23-21-10-3-1-8-19(21)20-9-2-4-11-22(20)23/h1-4,8-11,17-18,23H,5-7,12-16H2,(H,28,30)(H,29,33)(H,31,32)/t17-,18-/m1/s1. The molecule has 3 aliphatic rings. The van der Waals surface area contributed by atoms with E-state index < -0.39 is 23.5 Å². The molecule has 2 fully saturated rings. The number of alkyl carbamates (subject to hydrolysis) is 1. The molecular weight excluding hydrogens is 432 g/mol. The van der Waals surface area contributed by atoms with Gasteiger partial charge in [0.05, 0.1) is 11.5 Å². The zero-order valence-electron chi connectivity index (χ0n) is 19.1. The van der Waals surface area contributed by atoms with Crippen molar-refractivity contribution in [3.8, 4) is 11.1 Å². The van der Waals surface area contributed by atoms with Crippen LogP contribution >= 0.6 is 0 Å². The maximum Gasteiger partial charge on any atom is 0.407 e. The van der Waals surface area contributed by atoms with Gasteiger partial charge in [-0.2, -0.15) is 0 Å². The van der Waals surface area contributed by atoms with E-state index in [-0.39, 0.29) is 30.9 Å². The van der Waals surface area contributed by atoms with E-state index in [0.717, 1.165) is 36.8 Å². The molecule has 0 unspecified atom stereocenters. The number of benzene rings is 2. The number of hydrogen-bond acceptors (Lipinski definition) is 4. The number of fused-ring (bicyclic) bond motifs is 3. The molecule has 2 amide bonds. The number of nitrogens with one attached hydrogen (secondary N) is 2. The molecule has 0 heterocycles. The van der Waals surface area contributed by atoms with Crippen LogP contribution in [0.5, 0.6) is 0 Å². The first kappa shape index (κ1) is 22.4. The summed E-state index contributed by atoms with van der Waals surface area (Å²) >= 11 is 0. The number of aliphatic carboxylic acids is 1. The molecule has 0 spiro atoms. The fourth-order valence-electron chi connectivity index (χ4n) is 5.48. The maximum atomic E-state index is 12.6. The van der Waals surface area contributed by atoms with Gasteiger partial charge >= 0.3 is 12.1 Å². The minimum Gasteiger partial charge on any atom is -0.481 e. The zero-order chi connectivity index (χ0) is 23.7. The van der Waals surface area contributed by atoms with Crippen LogP contribution in [0.25, 0.3) is 11.1 Å². The highest BCUT2D eigenvalue weighted by Gasteiger charge is 2.46. The fraction of sp³-hybridized carbons (Fsp3) is 0.444. The van der Waals surface area contributed by atoms with E-state index in [9.17, 15) is 19.5 Å². The molecule has 3 N–H and O–H groups in total. The number of amides is 2. The SMILES string of the molecule is O=C(CC1(NC(=O)OCC2c3ccccc3-c3ccccc32)CC1)N[C@@H]1CCC[C@@H](C(=O)O)C1. The first-order valence-electron chi connectivity index (χ1n) is 12.1. The van der Waals surface area contributed by atoms with Crippen LogP contribution in [0.1, 0.15) is 62.0 Å². The number of carboxylic acid groups (broad SMARTS) is 1. The van der Waals surface area contributed by atoms with Crippen LogP contribution in [-0.4, -0.2) is 41.3 Å². The summed E-state index contributed by atoms with van der Waals surface area (Å²) < 4.78 is 5.64. The van der Waals surface area contributed by atoms with Gasteiger partial charge in [-0.05, 0) is 54.4 Å². The third-order valence-corrected chi connectivity index (χ3v) is 7.45. The lowest BCUT2D eigenvalue weighted by molar-refractivity contribution is -0.143. The third-order valence-electron chi connectivity index (χ3n) is 7.45. The summed E-state index contributed by atoms with van der Waals surface area (Å²) in [6.45, 7) is 0.237. The largest absolute Gasteiger partial charge is 0.481 e. The van der Waals surface area contributed by atoms with Gasteiger partial charge in [-0.15, -0.1) is 0 Å². The predicted molar refractivity (Wildman–Crippen MR) is 126 cm³/mol. The van der Waals surface area contributed by atoms with Gasteiger partial charge in [0.15, 0.2) is 0 Å². The van der Waals surface area contributed by atoms with Crippen molar-refractivity contribution in [2.24, 2.45) is 5.92 Å². The summed E-state index contributed by atoms with van der Waals surface area (Å²) in [5.41, 5.74) is 4.10. The molecule has 2 atom stereocenters. The Labute approximate surface area is 198 Å². The quantitative estimate of drug-likeness (QED) is 0.572. The van der Waals surface area contributed by atoms with Crippen LogP contribution in [0.15, 0.2) is 48.5 Å². The molecule has 0 saturated heterocycles. The number of carbonyl (C=O) groups is 3. The van der Waals surface area contributed by atoms with Crippen molar-refractivity contribution in [1.82, 2.24) is 10.6 Å². The molecule has 2 aromatic carbocycles. The Hall–Kier alpha value is -3.35. The topological polar surface area (TPSA) is 105 Å². The van der Waals surface area contributed by atoms with E-state index in [1.807, 2.05) is 24.3 Å². The molecule has 0 radical (unpaired) electrons. The third kappa shape index (κ3) is 4.65. The second-order valence-electron chi connectivity index (χ2n) is 9.87.